The normalized spacial score (nSPS) is 21.8. The molecule has 0 radical (unpaired) electrons. The number of benzene rings is 2. The Kier molecular flexibility index (Phi) is 4.45. The van der Waals surface area contributed by atoms with Gasteiger partial charge in [0.2, 0.25) is 0 Å². The van der Waals surface area contributed by atoms with Crippen LogP contribution in [0.1, 0.15) is 26.2 Å². The average Bonchev–Trinajstić information content (AvgIpc) is 2.99. The predicted octanol–water partition coefficient (Wildman–Crippen LogP) is 4.04. The summed E-state index contributed by atoms with van der Waals surface area (Å²) in [6.07, 6.45) is 4.00. The summed E-state index contributed by atoms with van der Waals surface area (Å²) in [6.45, 7) is 5.31. The van der Waals surface area contributed by atoms with Gasteiger partial charge in [0.25, 0.3) is 0 Å². The second-order valence-corrected chi connectivity index (χ2v) is 6.22. The molecule has 0 saturated heterocycles. The van der Waals surface area contributed by atoms with Gasteiger partial charge in [0.05, 0.1) is 0 Å². The van der Waals surface area contributed by atoms with Crippen LogP contribution in [-0.4, -0.2) is 19.6 Å². The molecule has 2 heteroatoms. The third-order valence-electron chi connectivity index (χ3n) is 5.06. The molecule has 2 atom stereocenters. The smallest absolute Gasteiger partial charge is 0.0445 e. The summed E-state index contributed by atoms with van der Waals surface area (Å²) >= 11 is 0. The predicted molar refractivity (Wildman–Crippen MR) is 91.7 cm³/mol. The summed E-state index contributed by atoms with van der Waals surface area (Å²) in [5.41, 5.74) is 7.33. The second-order valence-electron chi connectivity index (χ2n) is 6.22. The van der Waals surface area contributed by atoms with Crippen LogP contribution in [0.3, 0.4) is 0 Å². The van der Waals surface area contributed by atoms with Gasteiger partial charge < -0.3 is 10.6 Å². The molecule has 0 bridgehead atoms. The Balaban J connectivity index is 1.88. The van der Waals surface area contributed by atoms with E-state index < -0.39 is 0 Å². The van der Waals surface area contributed by atoms with Crippen molar-refractivity contribution in [3.63, 3.8) is 0 Å². The van der Waals surface area contributed by atoms with Gasteiger partial charge in [-0.15, -0.1) is 0 Å². The molecular formula is C19H26N2. The standard InChI is InChI=1S/C19H26N2/c1-2-21(14-17-10-5-9-16(17)13-20)19-12-6-8-15-7-3-4-11-18(15)19/h3-4,6-8,11-12,16-17H,2,5,9-10,13-14,20H2,1H3. The van der Waals surface area contributed by atoms with Gasteiger partial charge in [-0.05, 0) is 49.6 Å². The van der Waals surface area contributed by atoms with E-state index in [2.05, 4.69) is 54.3 Å². The van der Waals surface area contributed by atoms with Crippen LogP contribution in [0.4, 0.5) is 5.69 Å². The molecule has 2 aromatic carbocycles. The van der Waals surface area contributed by atoms with Crippen molar-refractivity contribution < 1.29 is 0 Å². The van der Waals surface area contributed by atoms with Gasteiger partial charge in [-0.25, -0.2) is 0 Å². The molecule has 112 valence electrons. The topological polar surface area (TPSA) is 29.3 Å². The molecule has 0 amide bonds. The van der Waals surface area contributed by atoms with Gasteiger partial charge in [0.1, 0.15) is 0 Å². The van der Waals surface area contributed by atoms with E-state index >= 15 is 0 Å². The second kappa shape index (κ2) is 6.48. The van der Waals surface area contributed by atoms with E-state index in [1.54, 1.807) is 0 Å². The summed E-state index contributed by atoms with van der Waals surface area (Å²) < 4.78 is 0. The Morgan fingerprint density at radius 3 is 2.62 bits per heavy atom. The van der Waals surface area contributed by atoms with Crippen molar-refractivity contribution in [2.45, 2.75) is 26.2 Å². The van der Waals surface area contributed by atoms with Crippen LogP contribution in [0.2, 0.25) is 0 Å². The quantitative estimate of drug-likeness (QED) is 0.896. The molecule has 0 heterocycles. The Bertz CT molecular complexity index is 588. The van der Waals surface area contributed by atoms with Crippen molar-refractivity contribution in [3.05, 3.63) is 42.5 Å². The van der Waals surface area contributed by atoms with Crippen LogP contribution in [0.25, 0.3) is 10.8 Å². The zero-order chi connectivity index (χ0) is 14.7. The average molecular weight is 282 g/mol. The summed E-state index contributed by atoms with van der Waals surface area (Å²) in [4.78, 5) is 2.54. The fourth-order valence-electron chi connectivity index (χ4n) is 3.83. The summed E-state index contributed by atoms with van der Waals surface area (Å²) in [5.74, 6) is 1.47. The lowest BCUT2D eigenvalue weighted by Gasteiger charge is -2.30. The maximum Gasteiger partial charge on any atom is 0.0445 e. The Morgan fingerprint density at radius 1 is 1.05 bits per heavy atom. The minimum atomic E-state index is 0.717. The number of rotatable bonds is 5. The van der Waals surface area contributed by atoms with Crippen LogP contribution >= 0.6 is 0 Å². The van der Waals surface area contributed by atoms with Gasteiger partial charge in [-0.2, -0.15) is 0 Å². The van der Waals surface area contributed by atoms with Crippen molar-refractivity contribution in [1.29, 1.82) is 0 Å². The molecule has 0 spiro atoms. The van der Waals surface area contributed by atoms with E-state index in [1.807, 2.05) is 0 Å². The van der Waals surface area contributed by atoms with Gasteiger partial charge in [-0.1, -0.05) is 42.8 Å². The van der Waals surface area contributed by atoms with Crippen molar-refractivity contribution in [2.75, 3.05) is 24.5 Å². The number of nitrogens with two attached hydrogens (primary N) is 1. The Morgan fingerprint density at radius 2 is 1.81 bits per heavy atom. The molecule has 2 unspecified atom stereocenters. The van der Waals surface area contributed by atoms with Crippen molar-refractivity contribution in [1.82, 2.24) is 0 Å². The maximum absolute atomic E-state index is 5.95. The highest BCUT2D eigenvalue weighted by Gasteiger charge is 2.27. The first-order chi connectivity index (χ1) is 10.3. The number of hydrogen-bond donors (Lipinski definition) is 1. The van der Waals surface area contributed by atoms with E-state index in [0.29, 0.717) is 5.92 Å². The monoisotopic (exact) mass is 282 g/mol. The van der Waals surface area contributed by atoms with E-state index in [4.69, 9.17) is 5.73 Å². The Hall–Kier alpha value is -1.54. The van der Waals surface area contributed by atoms with E-state index in [1.165, 1.54) is 35.7 Å². The third-order valence-corrected chi connectivity index (χ3v) is 5.06. The first-order valence-corrected chi connectivity index (χ1v) is 8.26. The highest BCUT2D eigenvalue weighted by Crippen LogP contribution is 2.34. The minimum absolute atomic E-state index is 0.717. The lowest BCUT2D eigenvalue weighted by atomic mass is 9.95. The lowest BCUT2D eigenvalue weighted by Crippen LogP contribution is -2.33. The summed E-state index contributed by atoms with van der Waals surface area (Å²) in [7, 11) is 0. The van der Waals surface area contributed by atoms with Gasteiger partial charge in [-0.3, -0.25) is 0 Å². The van der Waals surface area contributed by atoms with Gasteiger partial charge in [0.15, 0.2) is 0 Å². The number of nitrogens with zero attached hydrogens (tertiary/aromatic N) is 1. The molecular weight excluding hydrogens is 256 g/mol. The van der Waals surface area contributed by atoms with Crippen LogP contribution < -0.4 is 10.6 Å². The largest absolute Gasteiger partial charge is 0.371 e. The SMILES string of the molecule is CCN(CC1CCCC1CN)c1cccc2ccccc12. The number of fused-ring (bicyclic) bond motifs is 1. The van der Waals surface area contributed by atoms with E-state index in [9.17, 15) is 0 Å². The van der Waals surface area contributed by atoms with Crippen LogP contribution in [0, 0.1) is 11.8 Å². The van der Waals surface area contributed by atoms with E-state index in [0.717, 1.165) is 25.6 Å². The molecule has 2 nitrogen and oxygen atoms in total. The molecule has 1 saturated carbocycles. The van der Waals surface area contributed by atoms with Crippen LogP contribution in [0.15, 0.2) is 42.5 Å². The highest BCUT2D eigenvalue weighted by atomic mass is 15.1. The molecule has 2 N–H and O–H groups in total. The molecule has 21 heavy (non-hydrogen) atoms. The van der Waals surface area contributed by atoms with Crippen LogP contribution in [-0.2, 0) is 0 Å². The molecule has 1 aliphatic rings. The molecule has 1 fully saturated rings. The first kappa shape index (κ1) is 14.4. The molecule has 0 aromatic heterocycles. The van der Waals surface area contributed by atoms with Gasteiger partial charge in [0, 0.05) is 24.2 Å². The van der Waals surface area contributed by atoms with Crippen LogP contribution in [0.5, 0.6) is 0 Å². The van der Waals surface area contributed by atoms with E-state index in [-0.39, 0.29) is 0 Å². The minimum Gasteiger partial charge on any atom is -0.371 e. The molecule has 0 aliphatic heterocycles. The van der Waals surface area contributed by atoms with Crippen molar-refractivity contribution in [2.24, 2.45) is 17.6 Å². The van der Waals surface area contributed by atoms with Crippen molar-refractivity contribution >= 4 is 16.5 Å². The Labute approximate surface area is 127 Å². The summed E-state index contributed by atoms with van der Waals surface area (Å²) in [5, 5.41) is 2.69. The fourth-order valence-corrected chi connectivity index (χ4v) is 3.83. The molecule has 3 rings (SSSR count). The lowest BCUT2D eigenvalue weighted by molar-refractivity contribution is 0.396. The van der Waals surface area contributed by atoms with Crippen molar-refractivity contribution in [3.8, 4) is 0 Å². The fraction of sp³-hybridized carbons (Fsp3) is 0.474. The zero-order valence-electron chi connectivity index (χ0n) is 13.0. The zero-order valence-corrected chi connectivity index (χ0v) is 13.0. The molecule has 1 aliphatic carbocycles. The number of hydrogen-bond acceptors (Lipinski definition) is 2. The first-order valence-electron chi connectivity index (χ1n) is 8.26. The molecule has 2 aromatic rings. The maximum atomic E-state index is 5.95. The van der Waals surface area contributed by atoms with Gasteiger partial charge >= 0.3 is 0 Å². The summed E-state index contributed by atoms with van der Waals surface area (Å²) in [6, 6.07) is 15.3. The highest BCUT2D eigenvalue weighted by molar-refractivity contribution is 5.94. The third kappa shape index (κ3) is 2.91. The number of anilines is 1.